The van der Waals surface area contributed by atoms with Gasteiger partial charge in [-0.05, 0) is 0 Å². The number of halogens is 9. The normalized spacial score (nSPS) is 28.4. The average molecular weight is 829 g/mol. The van der Waals surface area contributed by atoms with E-state index in [4.69, 9.17) is 0 Å². The Balaban J connectivity index is 1.68. The molecule has 0 radical (unpaired) electrons. The van der Waals surface area contributed by atoms with Gasteiger partial charge < -0.3 is 0 Å². The molecule has 1 aliphatic carbocycles. The summed E-state index contributed by atoms with van der Waals surface area (Å²) in [5.74, 6) is -2.25. The monoisotopic (exact) mass is 828 g/mol. The van der Waals surface area contributed by atoms with Crippen molar-refractivity contribution in [1.29, 1.82) is 0 Å². The van der Waals surface area contributed by atoms with Gasteiger partial charge >= 0.3 is 243 Å². The minimum atomic E-state index is -6.38. The van der Waals surface area contributed by atoms with Gasteiger partial charge in [-0.3, -0.25) is 0 Å². The first-order chi connectivity index (χ1) is 21.6. The predicted molar refractivity (Wildman–Crippen MR) is 150 cm³/mol. The fourth-order valence-electron chi connectivity index (χ4n) is 7.33. The van der Waals surface area contributed by atoms with Crippen LogP contribution in [0.5, 0.6) is 0 Å². The van der Waals surface area contributed by atoms with Gasteiger partial charge in [0.05, 0.1) is 0 Å². The third kappa shape index (κ3) is 5.48. The maximum absolute atomic E-state index is 15.1. The van der Waals surface area contributed by atoms with Crippen LogP contribution >= 0.6 is 0 Å². The number of likely N-dealkylation sites (tertiary alicyclic amines) is 1. The first kappa shape index (κ1) is 36.3. The van der Waals surface area contributed by atoms with Crippen LogP contribution in [0.1, 0.15) is 55.7 Å². The summed E-state index contributed by atoms with van der Waals surface area (Å²) < 4.78 is 163. The number of alkyl halides is 9. The van der Waals surface area contributed by atoms with E-state index < -0.39 is 95.6 Å². The van der Waals surface area contributed by atoms with Gasteiger partial charge in [-0.25, -0.2) is 8.78 Å². The van der Waals surface area contributed by atoms with E-state index in [1.54, 1.807) is 11.9 Å². The minimum absolute atomic E-state index is 0.00877. The quantitative estimate of drug-likeness (QED) is 0.201. The van der Waals surface area contributed by atoms with Gasteiger partial charge in [0.25, 0.3) is 0 Å². The molecule has 262 valence electrons. The van der Waals surface area contributed by atoms with Crippen molar-refractivity contribution in [1.82, 2.24) is 4.90 Å². The summed E-state index contributed by atoms with van der Waals surface area (Å²) in [6.45, 7) is 1.43. The fourth-order valence-corrected chi connectivity index (χ4v) is 15.1. The number of sulfone groups is 2. The molecular formula is C30H31F8INO5S2-. The molecule has 2 aromatic rings. The van der Waals surface area contributed by atoms with E-state index in [2.05, 4.69) is 0 Å². The zero-order chi connectivity index (χ0) is 35.0. The summed E-state index contributed by atoms with van der Waals surface area (Å²) in [5.41, 5.74) is -7.89. The number of benzene rings is 2. The van der Waals surface area contributed by atoms with Crippen molar-refractivity contribution in [3.05, 3.63) is 65.0 Å². The molecule has 0 spiro atoms. The first-order valence-corrected chi connectivity index (χ1v) is 20.9. The van der Waals surface area contributed by atoms with Gasteiger partial charge in [0.2, 0.25) is 0 Å². The van der Waals surface area contributed by atoms with Crippen LogP contribution in [0.4, 0.5) is 35.1 Å². The van der Waals surface area contributed by atoms with Crippen LogP contribution < -0.4 is 21.2 Å². The number of rotatable bonds is 5. The van der Waals surface area contributed by atoms with Crippen molar-refractivity contribution >= 4 is 25.6 Å². The number of fused-ring (bicyclic) bond motifs is 3. The van der Waals surface area contributed by atoms with Gasteiger partial charge in [0, 0.05) is 0 Å². The van der Waals surface area contributed by atoms with Crippen LogP contribution in [-0.4, -0.2) is 66.0 Å². The third-order valence-corrected chi connectivity index (χ3v) is 20.5. The van der Waals surface area contributed by atoms with E-state index >= 15 is 4.39 Å². The molecule has 5 rings (SSSR count). The summed E-state index contributed by atoms with van der Waals surface area (Å²) >= 11 is -0.878. The van der Waals surface area contributed by atoms with Crippen molar-refractivity contribution in [2.75, 3.05) is 17.2 Å². The summed E-state index contributed by atoms with van der Waals surface area (Å²) in [6, 6.07) is 4.07. The second-order valence-electron chi connectivity index (χ2n) is 12.4. The summed E-state index contributed by atoms with van der Waals surface area (Å²) in [6.07, 6.45) is -13.3. The summed E-state index contributed by atoms with van der Waals surface area (Å²) in [7, 11) is -8.14. The van der Waals surface area contributed by atoms with Crippen LogP contribution in [0.2, 0.25) is 0 Å². The first-order valence-electron chi connectivity index (χ1n) is 14.6. The van der Waals surface area contributed by atoms with E-state index in [1.807, 2.05) is 0 Å². The Labute approximate surface area is 277 Å². The van der Waals surface area contributed by atoms with Gasteiger partial charge in [-0.15, -0.1) is 0 Å². The topological polar surface area (TPSA) is 88.6 Å². The molecule has 0 saturated carbocycles. The SMILES string of the molecule is C[I-][C@]1(C)CC(C(=O)N2CC[C@@]3(S(=O)(=O)c4ccc(F)cc4)c4ccc(C(F)(C(F)(F)F)C(F)(F)F)cc4CCC[C@@H]23)CCS1(=O)=O. The maximum atomic E-state index is 15.1. The Kier molecular flexibility index (Phi) is 9.10. The molecule has 6 nitrogen and oxygen atoms in total. The van der Waals surface area contributed by atoms with E-state index in [0.717, 1.165) is 30.3 Å². The van der Waals surface area contributed by atoms with Crippen molar-refractivity contribution in [2.45, 2.75) is 81.9 Å². The molecule has 1 amide bonds. The fraction of sp³-hybridized carbons (Fsp3) is 0.567. The standard InChI is InChI=1S/C30H31F8INO5S2/c1-26(39-2)17-19(12-15-46(26,42)43)25(41)40-14-13-27(47(44,45)22-9-7-21(31)8-10-22)23-11-6-20(16-18(23)4-3-5-24(27)40)28(32,29(33,34)35)30(36,37)38/h6-11,16,19,24H,3-5,12-15,17H2,1-2H3/q-1/t19?,24-,26+,27-/m1/s1. The van der Waals surface area contributed by atoms with E-state index in [1.165, 1.54) is 4.90 Å². The molecule has 2 heterocycles. The van der Waals surface area contributed by atoms with Gasteiger partial charge in [0.1, 0.15) is 0 Å². The number of hydrogen-bond donors (Lipinski definition) is 0. The van der Waals surface area contributed by atoms with Gasteiger partial charge in [-0.2, -0.15) is 26.3 Å². The van der Waals surface area contributed by atoms with Crippen LogP contribution in [0.15, 0.2) is 47.4 Å². The molecule has 3 aliphatic rings. The number of amides is 1. The molecule has 2 fully saturated rings. The van der Waals surface area contributed by atoms with Crippen molar-refractivity contribution < 1.29 is 78.0 Å². The number of nitrogens with zero attached hydrogens (tertiary/aromatic N) is 1. The summed E-state index contributed by atoms with van der Waals surface area (Å²) in [5, 5.41) is 0. The van der Waals surface area contributed by atoms with Crippen LogP contribution in [0, 0.1) is 11.7 Å². The number of aryl methyl sites for hydroxylation is 1. The molecule has 0 N–H and O–H groups in total. The third-order valence-electron chi connectivity index (χ3n) is 9.93. The zero-order valence-electron chi connectivity index (χ0n) is 25.1. The van der Waals surface area contributed by atoms with Gasteiger partial charge in [0.15, 0.2) is 0 Å². The predicted octanol–water partition coefficient (Wildman–Crippen LogP) is 2.98. The molecular weight excluding hydrogens is 797 g/mol. The molecule has 2 saturated heterocycles. The average Bonchev–Trinajstić information content (AvgIpc) is 3.29. The molecule has 47 heavy (non-hydrogen) atoms. The number of carbonyl (C=O) groups excluding carboxylic acids is 1. The summed E-state index contributed by atoms with van der Waals surface area (Å²) in [4.78, 5) is 16.9. The van der Waals surface area contributed by atoms with E-state index in [0.29, 0.717) is 6.07 Å². The van der Waals surface area contributed by atoms with Crippen molar-refractivity contribution in [2.24, 2.45) is 5.92 Å². The van der Waals surface area contributed by atoms with Crippen molar-refractivity contribution in [3.8, 4) is 0 Å². The Bertz CT molecular complexity index is 1770. The molecule has 0 bridgehead atoms. The second kappa shape index (κ2) is 11.8. The zero-order valence-corrected chi connectivity index (χ0v) is 28.9. The number of hydrogen-bond acceptors (Lipinski definition) is 5. The van der Waals surface area contributed by atoms with Crippen molar-refractivity contribution in [3.63, 3.8) is 0 Å². The molecule has 2 aromatic carbocycles. The Morgan fingerprint density at radius 1 is 0.979 bits per heavy atom. The van der Waals surface area contributed by atoms with Crippen LogP contribution in [-0.2, 0) is 41.3 Å². The number of carbonyl (C=O) groups is 1. The van der Waals surface area contributed by atoms with E-state index in [-0.39, 0.29) is 72.9 Å². The van der Waals surface area contributed by atoms with E-state index in [9.17, 15) is 52.4 Å². The van der Waals surface area contributed by atoms with Crippen LogP contribution in [0.25, 0.3) is 0 Å². The van der Waals surface area contributed by atoms with Crippen LogP contribution in [0.3, 0.4) is 0 Å². The second-order valence-corrected chi connectivity index (χ2v) is 21.3. The molecule has 1 unspecified atom stereocenters. The Morgan fingerprint density at radius 2 is 1.60 bits per heavy atom. The molecule has 4 atom stereocenters. The Morgan fingerprint density at radius 3 is 2.17 bits per heavy atom. The van der Waals surface area contributed by atoms with Gasteiger partial charge in [-0.1, -0.05) is 0 Å². The molecule has 2 aliphatic heterocycles. The molecule has 0 aromatic heterocycles. The molecule has 17 heteroatoms. The Hall–Kier alpha value is -2.02.